The van der Waals surface area contributed by atoms with Crippen LogP contribution in [0.25, 0.3) is 0 Å². The minimum absolute atomic E-state index is 0.00363. The number of hydrogen-bond acceptors (Lipinski definition) is 4. The summed E-state index contributed by atoms with van der Waals surface area (Å²) in [5, 5.41) is 2.89. The molecule has 0 heterocycles. The van der Waals surface area contributed by atoms with Gasteiger partial charge in [0.1, 0.15) is 0 Å². The molecule has 8 heteroatoms. The van der Waals surface area contributed by atoms with Gasteiger partial charge in [0.2, 0.25) is 5.91 Å². The standard InChI is InChI=1S/C11H14Cl2N2O3S/c1-2-19(17,18)4-3-10(16)15-11-8(12)5-7(14)6-9(11)13/h5-6H,2-4,14H2,1H3,(H,15,16). The van der Waals surface area contributed by atoms with E-state index in [9.17, 15) is 13.2 Å². The first kappa shape index (κ1) is 16.1. The summed E-state index contributed by atoms with van der Waals surface area (Å²) in [5.41, 5.74) is 6.14. The number of carbonyl (C=O) groups excluding carboxylic acids is 1. The van der Waals surface area contributed by atoms with Crippen LogP contribution in [0.2, 0.25) is 10.0 Å². The SMILES string of the molecule is CCS(=O)(=O)CCC(=O)Nc1c(Cl)cc(N)cc1Cl. The number of carbonyl (C=O) groups is 1. The third-order valence-electron chi connectivity index (χ3n) is 2.41. The van der Waals surface area contributed by atoms with Crippen LogP contribution in [0, 0.1) is 0 Å². The highest BCUT2D eigenvalue weighted by atomic mass is 35.5. The second-order valence-corrected chi connectivity index (χ2v) is 7.18. The van der Waals surface area contributed by atoms with E-state index in [1.807, 2.05) is 0 Å². The smallest absolute Gasteiger partial charge is 0.225 e. The van der Waals surface area contributed by atoms with Crippen LogP contribution in [0.5, 0.6) is 0 Å². The van der Waals surface area contributed by atoms with E-state index in [1.165, 1.54) is 19.1 Å². The number of hydrogen-bond donors (Lipinski definition) is 2. The lowest BCUT2D eigenvalue weighted by Gasteiger charge is -2.10. The maximum atomic E-state index is 11.6. The second-order valence-electron chi connectivity index (χ2n) is 3.89. The van der Waals surface area contributed by atoms with Crippen molar-refractivity contribution >= 4 is 50.3 Å². The van der Waals surface area contributed by atoms with E-state index in [-0.39, 0.29) is 33.7 Å². The van der Waals surface area contributed by atoms with Crippen molar-refractivity contribution in [3.8, 4) is 0 Å². The monoisotopic (exact) mass is 324 g/mol. The lowest BCUT2D eigenvalue weighted by atomic mass is 10.2. The molecule has 0 saturated heterocycles. The molecule has 0 atom stereocenters. The Kier molecular flexibility index (Phi) is 5.46. The molecule has 0 unspecified atom stereocenters. The zero-order chi connectivity index (χ0) is 14.6. The zero-order valence-corrected chi connectivity index (χ0v) is 12.6. The molecule has 0 spiro atoms. The van der Waals surface area contributed by atoms with Crippen LogP contribution in [-0.2, 0) is 14.6 Å². The molecule has 0 aliphatic rings. The van der Waals surface area contributed by atoms with Gasteiger partial charge in [0.05, 0.1) is 21.5 Å². The van der Waals surface area contributed by atoms with E-state index in [4.69, 9.17) is 28.9 Å². The third kappa shape index (κ3) is 4.89. The van der Waals surface area contributed by atoms with Crippen LogP contribution in [0.15, 0.2) is 12.1 Å². The van der Waals surface area contributed by atoms with E-state index in [2.05, 4.69) is 5.32 Å². The van der Waals surface area contributed by atoms with Gasteiger partial charge < -0.3 is 11.1 Å². The fraction of sp³-hybridized carbons (Fsp3) is 0.364. The Bertz CT molecular complexity index is 565. The van der Waals surface area contributed by atoms with Gasteiger partial charge in [-0.15, -0.1) is 0 Å². The number of rotatable bonds is 5. The molecular formula is C11H14Cl2N2O3S. The summed E-state index contributed by atoms with van der Waals surface area (Å²) in [7, 11) is -3.18. The van der Waals surface area contributed by atoms with Crippen molar-refractivity contribution in [1.82, 2.24) is 0 Å². The van der Waals surface area contributed by atoms with Gasteiger partial charge >= 0.3 is 0 Å². The molecule has 19 heavy (non-hydrogen) atoms. The van der Waals surface area contributed by atoms with Gasteiger partial charge in [-0.3, -0.25) is 4.79 Å². The predicted octanol–water partition coefficient (Wildman–Crippen LogP) is 2.34. The summed E-state index contributed by atoms with van der Waals surface area (Å²) in [5.74, 6) is -0.672. The van der Waals surface area contributed by atoms with Crippen molar-refractivity contribution in [2.24, 2.45) is 0 Å². The van der Waals surface area contributed by atoms with Crippen molar-refractivity contribution in [3.05, 3.63) is 22.2 Å². The largest absolute Gasteiger partial charge is 0.399 e. The summed E-state index contributed by atoms with van der Waals surface area (Å²) < 4.78 is 22.6. The topological polar surface area (TPSA) is 89.3 Å². The van der Waals surface area contributed by atoms with Crippen molar-refractivity contribution in [2.45, 2.75) is 13.3 Å². The summed E-state index contributed by atoms with van der Waals surface area (Å²) in [6.07, 6.45) is -0.146. The molecule has 1 amide bonds. The molecule has 0 radical (unpaired) electrons. The van der Waals surface area contributed by atoms with Gasteiger partial charge in [0.15, 0.2) is 9.84 Å². The highest BCUT2D eigenvalue weighted by Gasteiger charge is 2.14. The van der Waals surface area contributed by atoms with Crippen molar-refractivity contribution in [2.75, 3.05) is 22.6 Å². The number of nitrogen functional groups attached to an aromatic ring is 1. The predicted molar refractivity (Wildman–Crippen MR) is 78.4 cm³/mol. The van der Waals surface area contributed by atoms with Gasteiger partial charge in [-0.05, 0) is 12.1 Å². The van der Waals surface area contributed by atoms with Crippen molar-refractivity contribution < 1.29 is 13.2 Å². The molecule has 1 aromatic carbocycles. The molecule has 0 aromatic heterocycles. The molecule has 0 aliphatic heterocycles. The van der Waals surface area contributed by atoms with Crippen LogP contribution in [0.1, 0.15) is 13.3 Å². The Hall–Kier alpha value is -0.980. The molecule has 0 fully saturated rings. The number of anilines is 2. The van der Waals surface area contributed by atoms with Crippen LogP contribution >= 0.6 is 23.2 Å². The lowest BCUT2D eigenvalue weighted by Crippen LogP contribution is -2.18. The minimum atomic E-state index is -3.18. The fourth-order valence-corrected chi connectivity index (χ4v) is 2.69. The van der Waals surface area contributed by atoms with E-state index in [0.29, 0.717) is 5.69 Å². The first-order valence-corrected chi connectivity index (χ1v) is 8.07. The Morgan fingerprint density at radius 2 is 1.84 bits per heavy atom. The fourth-order valence-electron chi connectivity index (χ4n) is 1.31. The first-order valence-electron chi connectivity index (χ1n) is 5.50. The van der Waals surface area contributed by atoms with E-state index in [0.717, 1.165) is 0 Å². The van der Waals surface area contributed by atoms with E-state index >= 15 is 0 Å². The van der Waals surface area contributed by atoms with Crippen molar-refractivity contribution in [3.63, 3.8) is 0 Å². The van der Waals surface area contributed by atoms with Gasteiger partial charge in [-0.1, -0.05) is 30.1 Å². The number of sulfone groups is 1. The first-order chi connectivity index (χ1) is 8.75. The Labute approximate surface area is 122 Å². The van der Waals surface area contributed by atoms with Crippen LogP contribution in [0.4, 0.5) is 11.4 Å². The lowest BCUT2D eigenvalue weighted by molar-refractivity contribution is -0.115. The molecule has 5 nitrogen and oxygen atoms in total. The number of nitrogens with one attached hydrogen (secondary N) is 1. The summed E-state index contributed by atoms with van der Waals surface area (Å²) in [4.78, 5) is 11.6. The molecular weight excluding hydrogens is 311 g/mol. The summed E-state index contributed by atoms with van der Waals surface area (Å²) in [6, 6.07) is 2.90. The average molecular weight is 325 g/mol. The summed E-state index contributed by atoms with van der Waals surface area (Å²) in [6.45, 7) is 1.53. The highest BCUT2D eigenvalue weighted by Crippen LogP contribution is 2.32. The Morgan fingerprint density at radius 1 is 1.32 bits per heavy atom. The Morgan fingerprint density at radius 3 is 2.32 bits per heavy atom. The van der Waals surface area contributed by atoms with Crippen LogP contribution in [-0.4, -0.2) is 25.8 Å². The highest BCUT2D eigenvalue weighted by molar-refractivity contribution is 7.91. The maximum absolute atomic E-state index is 11.6. The molecule has 1 rings (SSSR count). The van der Waals surface area contributed by atoms with Gasteiger partial charge in [0.25, 0.3) is 0 Å². The maximum Gasteiger partial charge on any atom is 0.225 e. The van der Waals surface area contributed by atoms with Gasteiger partial charge in [0, 0.05) is 17.9 Å². The molecule has 0 saturated carbocycles. The number of halogens is 2. The molecule has 3 N–H and O–H groups in total. The minimum Gasteiger partial charge on any atom is -0.399 e. The van der Waals surface area contributed by atoms with Crippen molar-refractivity contribution in [1.29, 1.82) is 0 Å². The second kappa shape index (κ2) is 6.45. The molecule has 1 aromatic rings. The van der Waals surface area contributed by atoms with Crippen LogP contribution < -0.4 is 11.1 Å². The third-order valence-corrected chi connectivity index (χ3v) is 4.71. The quantitative estimate of drug-likeness (QED) is 0.813. The van der Waals surface area contributed by atoms with Gasteiger partial charge in [-0.2, -0.15) is 0 Å². The normalized spacial score (nSPS) is 11.3. The molecule has 106 valence electrons. The zero-order valence-electron chi connectivity index (χ0n) is 10.2. The van der Waals surface area contributed by atoms with Crippen LogP contribution in [0.3, 0.4) is 0 Å². The van der Waals surface area contributed by atoms with Gasteiger partial charge in [-0.25, -0.2) is 8.42 Å². The van der Waals surface area contributed by atoms with E-state index in [1.54, 1.807) is 0 Å². The van der Waals surface area contributed by atoms with E-state index < -0.39 is 15.7 Å². The molecule has 0 aliphatic carbocycles. The average Bonchev–Trinajstić information content (AvgIpc) is 2.31. The number of nitrogens with two attached hydrogens (primary N) is 1. The summed E-state index contributed by atoms with van der Waals surface area (Å²) >= 11 is 11.8. The molecule has 0 bridgehead atoms. The number of amides is 1. The number of benzene rings is 1. The Balaban J connectivity index is 2.73.